The fraction of sp³-hybridized carbons (Fsp3) is 0.0656. The third-order valence-corrected chi connectivity index (χ3v) is 23.5. The van der Waals surface area contributed by atoms with Gasteiger partial charge in [0.2, 0.25) is 0 Å². The van der Waals surface area contributed by atoms with Crippen LogP contribution in [0.25, 0.3) is 32.7 Å². The summed E-state index contributed by atoms with van der Waals surface area (Å²) in [6, 6.07) is 76.8. The SMILES string of the molecule is [C-]#[N+]c1ccc(N(/C=C/CC2C(=C)c3ccccc3N2c2ccc(-c3ccccc3)cc2)c2ccc(-c3cc[c]([Ge]([C]4=CC=CCC4)([c]4ccccc4)[c]4ccccc4)cc3)cc2)cc1. The zero-order valence-electron chi connectivity index (χ0n) is 36.3. The van der Waals surface area contributed by atoms with Gasteiger partial charge in [0.1, 0.15) is 0 Å². The minimum atomic E-state index is -3.27. The summed E-state index contributed by atoms with van der Waals surface area (Å²) in [5.74, 6) is 0. The monoisotopic (exact) mass is 897 g/mol. The predicted molar refractivity (Wildman–Crippen MR) is 278 cm³/mol. The number of benzene rings is 8. The summed E-state index contributed by atoms with van der Waals surface area (Å²) in [7, 11) is 0. The first kappa shape index (κ1) is 41.4. The molecule has 0 fully saturated rings. The Kier molecular flexibility index (Phi) is 11.8. The molecule has 0 saturated carbocycles. The van der Waals surface area contributed by atoms with E-state index < -0.39 is 13.3 Å². The number of anilines is 4. The molecular weight excluding hydrogens is 847 g/mol. The molecule has 4 heteroatoms. The van der Waals surface area contributed by atoms with Crippen molar-refractivity contribution in [3.8, 4) is 22.3 Å². The summed E-state index contributed by atoms with van der Waals surface area (Å²) >= 11 is -3.27. The van der Waals surface area contributed by atoms with Crippen molar-refractivity contribution in [2.45, 2.75) is 25.3 Å². The molecule has 8 aromatic rings. The Morgan fingerprint density at radius 2 is 1.09 bits per heavy atom. The van der Waals surface area contributed by atoms with Crippen molar-refractivity contribution in [1.82, 2.24) is 0 Å². The van der Waals surface area contributed by atoms with Gasteiger partial charge in [-0.1, -0.05) is 67.2 Å². The topological polar surface area (TPSA) is 10.8 Å². The summed E-state index contributed by atoms with van der Waals surface area (Å²) < 4.78 is 5.95. The van der Waals surface area contributed by atoms with Crippen LogP contribution >= 0.6 is 0 Å². The minimum absolute atomic E-state index is 0.0421. The van der Waals surface area contributed by atoms with Gasteiger partial charge in [-0.25, -0.2) is 4.85 Å². The summed E-state index contributed by atoms with van der Waals surface area (Å²) in [5, 5.41) is 0. The van der Waals surface area contributed by atoms with Crippen LogP contribution in [0.1, 0.15) is 24.8 Å². The Hall–Kier alpha value is -7.65. The first-order chi connectivity index (χ1) is 32.1. The molecule has 1 atom stereocenters. The molecule has 0 radical (unpaired) electrons. The summed E-state index contributed by atoms with van der Waals surface area (Å²) in [6.45, 7) is 12.2. The van der Waals surface area contributed by atoms with Crippen LogP contribution in [0.3, 0.4) is 0 Å². The number of hydrogen-bond donors (Lipinski definition) is 0. The Morgan fingerprint density at radius 1 is 0.585 bits per heavy atom. The normalized spacial score (nSPS) is 14.5. The van der Waals surface area contributed by atoms with Crippen molar-refractivity contribution in [3.05, 3.63) is 271 Å². The third-order valence-electron chi connectivity index (χ3n) is 13.1. The van der Waals surface area contributed by atoms with E-state index in [0.717, 1.165) is 41.9 Å². The second-order valence-electron chi connectivity index (χ2n) is 16.7. The van der Waals surface area contributed by atoms with E-state index in [0.29, 0.717) is 5.69 Å². The molecule has 0 N–H and O–H groups in total. The van der Waals surface area contributed by atoms with Crippen LogP contribution in [0.15, 0.2) is 254 Å². The summed E-state index contributed by atoms with van der Waals surface area (Å²) in [6.07, 6.45) is 14.3. The van der Waals surface area contributed by atoms with Gasteiger partial charge in [0.25, 0.3) is 0 Å². The molecule has 65 heavy (non-hydrogen) atoms. The van der Waals surface area contributed by atoms with Crippen molar-refractivity contribution in [2.24, 2.45) is 0 Å². The second kappa shape index (κ2) is 18.6. The zero-order valence-corrected chi connectivity index (χ0v) is 38.4. The van der Waals surface area contributed by atoms with E-state index in [1.54, 1.807) is 4.41 Å². The first-order valence-corrected chi connectivity index (χ1v) is 26.7. The van der Waals surface area contributed by atoms with Gasteiger partial charge in [-0.15, -0.1) is 0 Å². The molecule has 0 spiro atoms. The van der Waals surface area contributed by atoms with Crippen molar-refractivity contribution in [2.75, 3.05) is 9.80 Å². The van der Waals surface area contributed by atoms with Crippen LogP contribution in [0.4, 0.5) is 28.4 Å². The van der Waals surface area contributed by atoms with Crippen molar-refractivity contribution < 1.29 is 0 Å². The van der Waals surface area contributed by atoms with Gasteiger partial charge in [0, 0.05) is 16.9 Å². The maximum atomic E-state index is 7.59. The van der Waals surface area contributed by atoms with Crippen molar-refractivity contribution >= 4 is 60.5 Å². The van der Waals surface area contributed by atoms with Crippen LogP contribution in [-0.2, 0) is 0 Å². The average Bonchev–Trinajstić information content (AvgIpc) is 3.67. The molecule has 0 saturated heterocycles. The van der Waals surface area contributed by atoms with Gasteiger partial charge in [-0.3, -0.25) is 0 Å². The molecule has 2 aliphatic rings. The fourth-order valence-electron chi connectivity index (χ4n) is 9.85. The number of fused-ring (bicyclic) bond motifs is 1. The number of nitrogens with zero attached hydrogens (tertiary/aromatic N) is 3. The molecule has 0 aromatic heterocycles. The van der Waals surface area contributed by atoms with Crippen LogP contribution in [-0.4, -0.2) is 19.3 Å². The van der Waals surface area contributed by atoms with E-state index in [1.165, 1.54) is 46.7 Å². The van der Waals surface area contributed by atoms with E-state index in [1.807, 2.05) is 24.3 Å². The molecule has 0 bridgehead atoms. The van der Waals surface area contributed by atoms with Gasteiger partial charge in [-0.05, 0) is 34.9 Å². The Morgan fingerprint density at radius 3 is 1.68 bits per heavy atom. The molecule has 8 aromatic carbocycles. The Balaban J connectivity index is 0.953. The van der Waals surface area contributed by atoms with Crippen LogP contribution in [0, 0.1) is 6.57 Å². The molecule has 1 heterocycles. The number of para-hydroxylation sites is 1. The van der Waals surface area contributed by atoms with E-state index in [9.17, 15) is 0 Å². The Labute approximate surface area is 386 Å². The molecule has 1 unspecified atom stereocenters. The van der Waals surface area contributed by atoms with Crippen LogP contribution in [0.2, 0.25) is 0 Å². The quantitative estimate of drug-likeness (QED) is 0.0894. The molecular formula is C61H49GeN3. The molecule has 1 aliphatic carbocycles. The maximum absolute atomic E-state index is 7.59. The van der Waals surface area contributed by atoms with Gasteiger partial charge in [-0.2, -0.15) is 0 Å². The number of hydrogen-bond acceptors (Lipinski definition) is 2. The first-order valence-electron chi connectivity index (χ1n) is 22.5. The van der Waals surface area contributed by atoms with Gasteiger partial charge in [0.15, 0.2) is 5.69 Å². The van der Waals surface area contributed by atoms with E-state index in [-0.39, 0.29) is 6.04 Å². The predicted octanol–water partition coefficient (Wildman–Crippen LogP) is 14.1. The third kappa shape index (κ3) is 8.10. The Bertz CT molecular complexity index is 3020. The fourth-order valence-corrected chi connectivity index (χ4v) is 20.4. The van der Waals surface area contributed by atoms with E-state index in [4.69, 9.17) is 6.57 Å². The standard InChI is InChI=1S/C61H49GeN3/c1-46-59-26-15-16-27-61(59)65(58-41-33-49(34-42-58)47-18-7-3-8-19-47)60(46)28-17-45-64(57-43-37-55(63-2)38-44-57)56-39-31-50(32-40-56)48-29-35-54(36-30-48)62(51-20-9-4-10-21-51,52-22-11-5-12-23-52)53-24-13-6-14-25-53/h3-13,15-24,26-27,29-45,60H,1,14,25,28H2/b45-17+. The zero-order chi connectivity index (χ0) is 44.0. The van der Waals surface area contributed by atoms with Crippen molar-refractivity contribution in [3.63, 3.8) is 0 Å². The van der Waals surface area contributed by atoms with Gasteiger partial charge in [0.05, 0.1) is 12.6 Å². The molecule has 1 aliphatic heterocycles. The van der Waals surface area contributed by atoms with Crippen molar-refractivity contribution in [1.29, 1.82) is 0 Å². The molecule has 0 amide bonds. The molecule has 3 nitrogen and oxygen atoms in total. The molecule has 312 valence electrons. The summed E-state index contributed by atoms with van der Waals surface area (Å²) in [5.41, 5.74) is 12.0. The van der Waals surface area contributed by atoms with Crippen LogP contribution in [0.5, 0.6) is 0 Å². The van der Waals surface area contributed by atoms with Gasteiger partial charge < -0.3 is 4.90 Å². The van der Waals surface area contributed by atoms with E-state index in [2.05, 4.69) is 240 Å². The number of rotatable bonds is 12. The second-order valence-corrected chi connectivity index (χ2v) is 24.9. The number of allylic oxidation sites excluding steroid dienone is 4. The summed E-state index contributed by atoms with van der Waals surface area (Å²) in [4.78, 5) is 8.32. The van der Waals surface area contributed by atoms with Crippen LogP contribution < -0.4 is 23.0 Å². The van der Waals surface area contributed by atoms with E-state index >= 15 is 0 Å². The van der Waals surface area contributed by atoms with Gasteiger partial charge >= 0.3 is 241 Å². The molecule has 10 rings (SSSR count). The average molecular weight is 897 g/mol.